The fraction of sp³-hybridized carbons (Fsp3) is 0.222. The van der Waals surface area contributed by atoms with Crippen molar-refractivity contribution in [3.8, 4) is 11.5 Å². The number of fused-ring (bicyclic) bond motifs is 1. The number of benzene rings is 2. The van der Waals surface area contributed by atoms with Gasteiger partial charge in [0.25, 0.3) is 0 Å². The molecule has 0 spiro atoms. The van der Waals surface area contributed by atoms with Crippen molar-refractivity contribution in [2.45, 2.75) is 13.0 Å². The Hall–Kier alpha value is -2.46. The first-order chi connectivity index (χ1) is 10.8. The van der Waals surface area contributed by atoms with E-state index in [0.717, 1.165) is 34.4 Å². The van der Waals surface area contributed by atoms with Gasteiger partial charge in [0, 0.05) is 23.2 Å². The van der Waals surface area contributed by atoms with Gasteiger partial charge in [0.05, 0.1) is 7.11 Å². The van der Waals surface area contributed by atoms with Gasteiger partial charge in [0.1, 0.15) is 6.61 Å². The highest BCUT2D eigenvalue weighted by atomic mass is 16.5. The van der Waals surface area contributed by atoms with Gasteiger partial charge in [-0.25, -0.2) is 0 Å². The molecule has 0 bridgehead atoms. The van der Waals surface area contributed by atoms with Gasteiger partial charge < -0.3 is 20.2 Å². The number of nitrogens with two attached hydrogens (primary N) is 1. The van der Waals surface area contributed by atoms with Crippen molar-refractivity contribution in [2.75, 3.05) is 13.7 Å². The molecule has 3 rings (SSSR count). The molecule has 0 aliphatic rings. The van der Waals surface area contributed by atoms with Gasteiger partial charge in [-0.3, -0.25) is 0 Å². The summed E-state index contributed by atoms with van der Waals surface area (Å²) in [6, 6.07) is 14.1. The van der Waals surface area contributed by atoms with Crippen LogP contribution >= 0.6 is 0 Å². The molecule has 0 aliphatic heterocycles. The summed E-state index contributed by atoms with van der Waals surface area (Å²) in [7, 11) is 1.66. The third-order valence-electron chi connectivity index (χ3n) is 3.70. The standard InChI is InChI=1S/C18H20N2O2/c1-21-17-9-15-14(7-8-19)11-20-16(15)10-18(17)22-12-13-5-3-2-4-6-13/h2-6,9-11,20H,7-8,12,19H2,1H3. The molecule has 0 aliphatic carbocycles. The van der Waals surface area contributed by atoms with E-state index in [1.165, 1.54) is 5.56 Å². The van der Waals surface area contributed by atoms with Gasteiger partial charge in [0.2, 0.25) is 0 Å². The van der Waals surface area contributed by atoms with Crippen LogP contribution in [0.5, 0.6) is 11.5 Å². The lowest BCUT2D eigenvalue weighted by molar-refractivity contribution is 0.285. The summed E-state index contributed by atoms with van der Waals surface area (Å²) in [5.74, 6) is 1.47. The van der Waals surface area contributed by atoms with Crippen LogP contribution in [0.3, 0.4) is 0 Å². The maximum Gasteiger partial charge on any atom is 0.163 e. The van der Waals surface area contributed by atoms with E-state index < -0.39 is 0 Å². The van der Waals surface area contributed by atoms with E-state index in [0.29, 0.717) is 13.2 Å². The second-order valence-corrected chi connectivity index (χ2v) is 5.18. The Morgan fingerprint density at radius 1 is 1.09 bits per heavy atom. The smallest absolute Gasteiger partial charge is 0.163 e. The lowest BCUT2D eigenvalue weighted by Crippen LogP contribution is -2.02. The van der Waals surface area contributed by atoms with Crippen molar-refractivity contribution in [2.24, 2.45) is 5.73 Å². The van der Waals surface area contributed by atoms with Crippen molar-refractivity contribution in [3.63, 3.8) is 0 Å². The molecular formula is C18H20N2O2. The van der Waals surface area contributed by atoms with Crippen molar-refractivity contribution in [1.82, 2.24) is 4.98 Å². The van der Waals surface area contributed by atoms with Crippen molar-refractivity contribution >= 4 is 10.9 Å². The minimum atomic E-state index is 0.513. The molecule has 22 heavy (non-hydrogen) atoms. The van der Waals surface area contributed by atoms with Crippen LogP contribution in [0.2, 0.25) is 0 Å². The van der Waals surface area contributed by atoms with Crippen LogP contribution in [0, 0.1) is 0 Å². The molecule has 0 fully saturated rings. The quantitative estimate of drug-likeness (QED) is 0.734. The number of aromatic nitrogens is 1. The fourth-order valence-corrected chi connectivity index (χ4v) is 2.56. The Bertz CT molecular complexity index is 750. The maximum atomic E-state index is 5.92. The average molecular weight is 296 g/mol. The number of nitrogens with one attached hydrogen (secondary N) is 1. The zero-order valence-electron chi connectivity index (χ0n) is 12.6. The van der Waals surface area contributed by atoms with Gasteiger partial charge in [-0.1, -0.05) is 30.3 Å². The second-order valence-electron chi connectivity index (χ2n) is 5.18. The molecule has 1 aromatic heterocycles. The SMILES string of the molecule is COc1cc2c(CCN)c[nH]c2cc1OCc1ccccc1. The first-order valence-corrected chi connectivity index (χ1v) is 7.36. The number of methoxy groups -OCH3 is 1. The van der Waals surface area contributed by atoms with Crippen LogP contribution in [0.25, 0.3) is 10.9 Å². The molecule has 3 N–H and O–H groups in total. The highest BCUT2D eigenvalue weighted by molar-refractivity contribution is 5.86. The molecular weight excluding hydrogens is 276 g/mol. The Balaban J connectivity index is 1.88. The van der Waals surface area contributed by atoms with Gasteiger partial charge in [-0.15, -0.1) is 0 Å². The van der Waals surface area contributed by atoms with Gasteiger partial charge in [0.15, 0.2) is 11.5 Å². The molecule has 4 nitrogen and oxygen atoms in total. The topological polar surface area (TPSA) is 60.3 Å². The fourth-order valence-electron chi connectivity index (χ4n) is 2.56. The normalized spacial score (nSPS) is 10.8. The summed E-state index contributed by atoms with van der Waals surface area (Å²) < 4.78 is 11.4. The monoisotopic (exact) mass is 296 g/mol. The molecule has 0 radical (unpaired) electrons. The molecule has 3 aromatic rings. The van der Waals surface area contributed by atoms with Crippen LogP contribution in [0.1, 0.15) is 11.1 Å². The molecule has 2 aromatic carbocycles. The van der Waals surface area contributed by atoms with E-state index >= 15 is 0 Å². The summed E-state index contributed by atoms with van der Waals surface area (Å²) in [5.41, 5.74) is 9.01. The number of H-pyrrole nitrogens is 1. The molecule has 4 heteroatoms. The predicted molar refractivity (Wildman–Crippen MR) is 88.4 cm³/mol. The summed E-state index contributed by atoms with van der Waals surface area (Å²) in [5, 5.41) is 1.13. The minimum absolute atomic E-state index is 0.513. The second kappa shape index (κ2) is 6.54. The van der Waals surface area contributed by atoms with Crippen LogP contribution in [0.4, 0.5) is 0 Å². The Morgan fingerprint density at radius 3 is 2.64 bits per heavy atom. The summed E-state index contributed by atoms with van der Waals surface area (Å²) in [4.78, 5) is 3.27. The molecule has 0 saturated heterocycles. The zero-order chi connectivity index (χ0) is 15.4. The van der Waals surface area contributed by atoms with Crippen molar-refractivity contribution < 1.29 is 9.47 Å². The van der Waals surface area contributed by atoms with E-state index in [4.69, 9.17) is 15.2 Å². The molecule has 0 saturated carbocycles. The number of ether oxygens (including phenoxy) is 2. The van der Waals surface area contributed by atoms with Crippen LogP contribution in [-0.2, 0) is 13.0 Å². The highest BCUT2D eigenvalue weighted by Crippen LogP contribution is 2.34. The van der Waals surface area contributed by atoms with Gasteiger partial charge in [-0.2, -0.15) is 0 Å². The molecule has 0 unspecified atom stereocenters. The highest BCUT2D eigenvalue weighted by Gasteiger charge is 2.11. The van der Waals surface area contributed by atoms with E-state index in [2.05, 4.69) is 4.98 Å². The third kappa shape index (κ3) is 2.92. The third-order valence-corrected chi connectivity index (χ3v) is 3.70. The predicted octanol–water partition coefficient (Wildman–Crippen LogP) is 3.26. The lowest BCUT2D eigenvalue weighted by Gasteiger charge is -2.11. The average Bonchev–Trinajstić information content (AvgIpc) is 2.95. The lowest BCUT2D eigenvalue weighted by atomic mass is 10.1. The molecule has 0 amide bonds. The maximum absolute atomic E-state index is 5.92. The molecule has 0 atom stereocenters. The summed E-state index contributed by atoms with van der Waals surface area (Å²) >= 11 is 0. The van der Waals surface area contributed by atoms with Gasteiger partial charge in [-0.05, 0) is 30.2 Å². The van der Waals surface area contributed by atoms with Gasteiger partial charge >= 0.3 is 0 Å². The first kappa shape index (κ1) is 14.5. The van der Waals surface area contributed by atoms with Crippen LogP contribution < -0.4 is 15.2 Å². The van der Waals surface area contributed by atoms with E-state index in [-0.39, 0.29) is 0 Å². The molecule has 114 valence electrons. The van der Waals surface area contributed by atoms with Crippen molar-refractivity contribution in [1.29, 1.82) is 0 Å². The van der Waals surface area contributed by atoms with Crippen LogP contribution in [0.15, 0.2) is 48.7 Å². The number of hydrogen-bond donors (Lipinski definition) is 2. The number of aromatic amines is 1. The van der Waals surface area contributed by atoms with Crippen molar-refractivity contribution in [3.05, 3.63) is 59.8 Å². The largest absolute Gasteiger partial charge is 0.493 e. The summed E-state index contributed by atoms with van der Waals surface area (Å²) in [6.07, 6.45) is 2.84. The minimum Gasteiger partial charge on any atom is -0.493 e. The Labute approximate surface area is 129 Å². The van der Waals surface area contributed by atoms with E-state index in [1.54, 1.807) is 7.11 Å². The Morgan fingerprint density at radius 2 is 1.91 bits per heavy atom. The van der Waals surface area contributed by atoms with Crippen LogP contribution in [-0.4, -0.2) is 18.6 Å². The number of rotatable bonds is 6. The number of hydrogen-bond acceptors (Lipinski definition) is 3. The van der Waals surface area contributed by atoms with E-state index in [9.17, 15) is 0 Å². The summed E-state index contributed by atoms with van der Waals surface area (Å²) in [6.45, 7) is 1.14. The zero-order valence-corrected chi connectivity index (χ0v) is 12.6. The van der Waals surface area contributed by atoms with E-state index in [1.807, 2.05) is 48.7 Å². The first-order valence-electron chi connectivity index (χ1n) is 7.36. The Kier molecular flexibility index (Phi) is 4.30. The molecule has 1 heterocycles.